The Morgan fingerprint density at radius 2 is 1.53 bits per heavy atom. The number of amides is 2. The van der Waals surface area contributed by atoms with E-state index in [1.807, 2.05) is 82.6 Å². The fourth-order valence-corrected chi connectivity index (χ4v) is 4.08. The molecule has 0 aromatic heterocycles. The predicted molar refractivity (Wildman–Crippen MR) is 119 cm³/mol. The number of piperazine rings is 1. The number of anilines is 1. The Morgan fingerprint density at radius 3 is 2.23 bits per heavy atom. The third kappa shape index (κ3) is 4.42. The third-order valence-corrected chi connectivity index (χ3v) is 5.50. The molecule has 0 bridgehead atoms. The van der Waals surface area contributed by atoms with Crippen LogP contribution < -0.4 is 10.6 Å². The number of rotatable bonds is 6. The molecule has 3 aromatic carbocycles. The number of nitrogens with zero attached hydrogens (tertiary/aromatic N) is 2. The molecule has 5 nitrogen and oxygen atoms in total. The largest absolute Gasteiger partial charge is 0.369 e. The van der Waals surface area contributed by atoms with E-state index in [0.717, 1.165) is 23.2 Å². The van der Waals surface area contributed by atoms with Gasteiger partial charge in [-0.15, -0.1) is 0 Å². The second-order valence-electron chi connectivity index (χ2n) is 7.60. The van der Waals surface area contributed by atoms with Crippen LogP contribution >= 0.6 is 0 Å². The van der Waals surface area contributed by atoms with Crippen LogP contribution in [0.5, 0.6) is 0 Å². The van der Waals surface area contributed by atoms with E-state index in [1.165, 1.54) is 5.56 Å². The van der Waals surface area contributed by atoms with Crippen molar-refractivity contribution in [2.75, 3.05) is 24.5 Å². The van der Waals surface area contributed by atoms with Gasteiger partial charge < -0.3 is 10.6 Å². The number of carbonyl (C=O) groups is 2. The van der Waals surface area contributed by atoms with Crippen LogP contribution in [0.3, 0.4) is 0 Å². The van der Waals surface area contributed by atoms with Gasteiger partial charge in [-0.2, -0.15) is 0 Å². The maximum atomic E-state index is 13.1. The summed E-state index contributed by atoms with van der Waals surface area (Å²) < 4.78 is 0. The normalized spacial score (nSPS) is 17.1. The zero-order valence-electron chi connectivity index (χ0n) is 16.8. The first kappa shape index (κ1) is 19.9. The molecule has 1 aliphatic heterocycles. The molecule has 1 fully saturated rings. The maximum Gasteiger partial charge on any atom is 0.241 e. The van der Waals surface area contributed by atoms with Gasteiger partial charge in [0, 0.05) is 18.2 Å². The number of nitrogens with two attached hydrogens (primary N) is 1. The SMILES string of the molecule is NC(=O)CN1CC(=O)N(c2ccccc2-c2ccccc2)C[C@H]1Cc1ccccc1. The van der Waals surface area contributed by atoms with Gasteiger partial charge in [0.05, 0.1) is 18.8 Å². The summed E-state index contributed by atoms with van der Waals surface area (Å²) in [4.78, 5) is 28.5. The van der Waals surface area contributed by atoms with E-state index in [2.05, 4.69) is 12.1 Å². The second-order valence-corrected chi connectivity index (χ2v) is 7.60. The highest BCUT2D eigenvalue weighted by atomic mass is 16.2. The van der Waals surface area contributed by atoms with Gasteiger partial charge in [-0.25, -0.2) is 0 Å². The Labute approximate surface area is 176 Å². The summed E-state index contributed by atoms with van der Waals surface area (Å²) in [6.45, 7) is 0.756. The number of carbonyl (C=O) groups excluding carboxylic acids is 2. The Bertz CT molecular complexity index is 1020. The molecule has 1 atom stereocenters. The van der Waals surface area contributed by atoms with Crippen molar-refractivity contribution >= 4 is 17.5 Å². The molecule has 1 aliphatic rings. The van der Waals surface area contributed by atoms with Crippen molar-refractivity contribution < 1.29 is 9.59 Å². The molecule has 0 unspecified atom stereocenters. The van der Waals surface area contributed by atoms with Gasteiger partial charge in [0.2, 0.25) is 11.8 Å². The van der Waals surface area contributed by atoms with Gasteiger partial charge >= 0.3 is 0 Å². The van der Waals surface area contributed by atoms with Gasteiger partial charge in [-0.3, -0.25) is 14.5 Å². The van der Waals surface area contributed by atoms with Crippen LogP contribution in [0.25, 0.3) is 11.1 Å². The molecular weight excluding hydrogens is 374 g/mol. The Balaban J connectivity index is 1.66. The van der Waals surface area contributed by atoms with Gasteiger partial charge in [-0.05, 0) is 23.6 Å². The van der Waals surface area contributed by atoms with Crippen molar-refractivity contribution in [3.63, 3.8) is 0 Å². The first-order valence-corrected chi connectivity index (χ1v) is 10.1. The van der Waals surface area contributed by atoms with E-state index in [1.54, 1.807) is 0 Å². The molecule has 0 spiro atoms. The predicted octanol–water partition coefficient (Wildman–Crippen LogP) is 3.10. The summed E-state index contributed by atoms with van der Waals surface area (Å²) in [5, 5.41) is 0. The quantitative estimate of drug-likeness (QED) is 0.693. The number of para-hydroxylation sites is 1. The summed E-state index contributed by atoms with van der Waals surface area (Å²) >= 11 is 0. The minimum atomic E-state index is -0.418. The van der Waals surface area contributed by atoms with E-state index >= 15 is 0 Å². The van der Waals surface area contributed by atoms with E-state index in [0.29, 0.717) is 6.54 Å². The number of hydrogen-bond acceptors (Lipinski definition) is 3. The molecule has 0 aliphatic carbocycles. The molecule has 3 aromatic rings. The summed E-state index contributed by atoms with van der Waals surface area (Å²) in [6, 6.07) is 28.2. The summed E-state index contributed by atoms with van der Waals surface area (Å²) in [5.74, 6) is -0.442. The minimum Gasteiger partial charge on any atom is -0.369 e. The Hall–Kier alpha value is -3.44. The Morgan fingerprint density at radius 1 is 0.900 bits per heavy atom. The van der Waals surface area contributed by atoms with Gasteiger partial charge in [0.1, 0.15) is 0 Å². The second kappa shape index (κ2) is 8.93. The van der Waals surface area contributed by atoms with Gasteiger partial charge in [-0.1, -0.05) is 78.9 Å². The van der Waals surface area contributed by atoms with Crippen LogP contribution in [0.1, 0.15) is 5.56 Å². The molecule has 152 valence electrons. The molecule has 0 radical (unpaired) electrons. The van der Waals surface area contributed by atoms with Crippen molar-refractivity contribution in [1.29, 1.82) is 0 Å². The van der Waals surface area contributed by atoms with E-state index in [4.69, 9.17) is 5.73 Å². The van der Waals surface area contributed by atoms with E-state index in [-0.39, 0.29) is 25.0 Å². The maximum absolute atomic E-state index is 13.1. The van der Waals surface area contributed by atoms with Crippen LogP contribution in [0.4, 0.5) is 5.69 Å². The first-order chi connectivity index (χ1) is 14.6. The average Bonchev–Trinajstić information content (AvgIpc) is 2.76. The molecular formula is C25H25N3O2. The fraction of sp³-hybridized carbons (Fsp3) is 0.200. The van der Waals surface area contributed by atoms with Crippen molar-refractivity contribution in [2.45, 2.75) is 12.5 Å². The third-order valence-electron chi connectivity index (χ3n) is 5.50. The van der Waals surface area contributed by atoms with Crippen LogP contribution in [-0.2, 0) is 16.0 Å². The number of benzene rings is 3. The highest BCUT2D eigenvalue weighted by Gasteiger charge is 2.34. The van der Waals surface area contributed by atoms with Crippen LogP contribution in [0, 0.1) is 0 Å². The van der Waals surface area contributed by atoms with E-state index in [9.17, 15) is 9.59 Å². The lowest BCUT2D eigenvalue weighted by molar-refractivity contribution is -0.125. The van der Waals surface area contributed by atoms with Crippen LogP contribution in [-0.4, -0.2) is 42.4 Å². The fourth-order valence-electron chi connectivity index (χ4n) is 4.08. The molecule has 1 saturated heterocycles. The summed E-state index contributed by atoms with van der Waals surface area (Å²) in [7, 11) is 0. The molecule has 1 heterocycles. The molecule has 2 N–H and O–H groups in total. The van der Waals surface area contributed by atoms with Gasteiger partial charge in [0.25, 0.3) is 0 Å². The molecule has 2 amide bonds. The molecule has 0 saturated carbocycles. The lowest BCUT2D eigenvalue weighted by Crippen LogP contribution is -2.58. The monoisotopic (exact) mass is 399 g/mol. The van der Waals surface area contributed by atoms with Crippen molar-refractivity contribution in [1.82, 2.24) is 4.90 Å². The van der Waals surface area contributed by atoms with Crippen molar-refractivity contribution in [2.24, 2.45) is 5.73 Å². The summed E-state index contributed by atoms with van der Waals surface area (Å²) in [5.41, 5.74) is 9.62. The van der Waals surface area contributed by atoms with Gasteiger partial charge in [0.15, 0.2) is 0 Å². The highest BCUT2D eigenvalue weighted by Crippen LogP contribution is 2.32. The first-order valence-electron chi connectivity index (χ1n) is 10.1. The summed E-state index contributed by atoms with van der Waals surface area (Å²) in [6.07, 6.45) is 0.741. The Kier molecular flexibility index (Phi) is 5.91. The van der Waals surface area contributed by atoms with Crippen LogP contribution in [0.15, 0.2) is 84.9 Å². The zero-order valence-corrected chi connectivity index (χ0v) is 16.8. The van der Waals surface area contributed by atoms with Crippen molar-refractivity contribution in [3.8, 4) is 11.1 Å². The van der Waals surface area contributed by atoms with E-state index < -0.39 is 5.91 Å². The standard InChI is InChI=1S/C25H25N3O2/c26-24(29)17-27-18-25(30)28(16-21(27)15-19-9-3-1-4-10-19)23-14-8-7-13-22(23)20-11-5-2-6-12-20/h1-14,21H,15-18H2,(H2,26,29)/t21-/m1/s1. The smallest absolute Gasteiger partial charge is 0.241 e. The zero-order chi connectivity index (χ0) is 20.9. The molecule has 5 heteroatoms. The molecule has 4 rings (SSSR count). The number of primary amides is 1. The topological polar surface area (TPSA) is 66.6 Å². The lowest BCUT2D eigenvalue weighted by Gasteiger charge is -2.41. The molecule has 30 heavy (non-hydrogen) atoms. The average molecular weight is 399 g/mol. The van der Waals surface area contributed by atoms with Crippen LogP contribution in [0.2, 0.25) is 0 Å². The highest BCUT2D eigenvalue weighted by molar-refractivity contribution is 6.00. The minimum absolute atomic E-state index is 0.00132. The lowest BCUT2D eigenvalue weighted by atomic mass is 9.98. The van der Waals surface area contributed by atoms with Crippen molar-refractivity contribution in [3.05, 3.63) is 90.5 Å². The number of hydrogen-bond donors (Lipinski definition) is 1.